The number of carbonyl (C=O) groups excluding carboxylic acids is 3. The second kappa shape index (κ2) is 6.97. The first kappa shape index (κ1) is 19.1. The average Bonchev–Trinajstić information content (AvgIpc) is 3.51. The minimum Gasteiger partial charge on any atom is -0.358 e. The number of Topliss-reactive ketones (excluding diaryl/α,β-unsaturated/α-hetero) is 1. The lowest BCUT2D eigenvalue weighted by Crippen LogP contribution is -2.44. The maximum atomic E-state index is 13.7. The molecular weight excluding hydrogens is 427 g/mol. The lowest BCUT2D eigenvalue weighted by Gasteiger charge is -2.35. The van der Waals surface area contributed by atoms with E-state index in [-0.39, 0.29) is 11.7 Å². The van der Waals surface area contributed by atoms with E-state index in [2.05, 4.69) is 0 Å². The zero-order chi connectivity index (χ0) is 22.0. The van der Waals surface area contributed by atoms with E-state index in [0.29, 0.717) is 10.6 Å². The third-order valence-corrected chi connectivity index (χ3v) is 7.46. The number of fused-ring (bicyclic) bond motifs is 5. The van der Waals surface area contributed by atoms with Crippen molar-refractivity contribution in [2.75, 3.05) is 4.90 Å². The molecule has 2 fully saturated rings. The summed E-state index contributed by atoms with van der Waals surface area (Å²) in [6.07, 6.45) is 3.76. The van der Waals surface area contributed by atoms with Crippen LogP contribution in [0.3, 0.4) is 0 Å². The third-order valence-electron chi connectivity index (χ3n) is 6.58. The van der Waals surface area contributed by atoms with Crippen LogP contribution in [0.2, 0.25) is 0 Å². The van der Waals surface area contributed by atoms with Gasteiger partial charge in [-0.15, -0.1) is 11.3 Å². The van der Waals surface area contributed by atoms with Gasteiger partial charge in [-0.2, -0.15) is 0 Å². The molecule has 1 aromatic heterocycles. The van der Waals surface area contributed by atoms with Gasteiger partial charge in [-0.3, -0.25) is 14.4 Å². The molecule has 0 unspecified atom stereocenters. The van der Waals surface area contributed by atoms with Gasteiger partial charge in [-0.1, -0.05) is 30.3 Å². The van der Waals surface area contributed by atoms with Gasteiger partial charge in [0.05, 0.1) is 28.4 Å². The number of carbonyl (C=O) groups is 3. The molecule has 7 heteroatoms. The molecule has 4 atom stereocenters. The summed E-state index contributed by atoms with van der Waals surface area (Å²) in [6.45, 7) is 0. The van der Waals surface area contributed by atoms with Crippen LogP contribution in [0.1, 0.15) is 26.8 Å². The molecule has 5 nitrogen and oxygen atoms in total. The highest BCUT2D eigenvalue weighted by Gasteiger charge is 2.64. The molecule has 2 aromatic carbocycles. The number of nitrogens with zero attached hydrogens (tertiary/aromatic N) is 2. The number of rotatable bonds is 3. The van der Waals surface area contributed by atoms with Crippen molar-refractivity contribution in [3.63, 3.8) is 0 Å². The summed E-state index contributed by atoms with van der Waals surface area (Å²) >= 11 is 1.33. The van der Waals surface area contributed by atoms with Crippen LogP contribution in [0.25, 0.3) is 6.08 Å². The van der Waals surface area contributed by atoms with Crippen LogP contribution in [-0.2, 0) is 9.59 Å². The van der Waals surface area contributed by atoms with Gasteiger partial charge >= 0.3 is 0 Å². The summed E-state index contributed by atoms with van der Waals surface area (Å²) < 4.78 is 13.5. The van der Waals surface area contributed by atoms with Gasteiger partial charge in [0.2, 0.25) is 11.8 Å². The number of amides is 2. The first-order valence-corrected chi connectivity index (χ1v) is 11.2. The van der Waals surface area contributed by atoms with E-state index in [9.17, 15) is 18.8 Å². The van der Waals surface area contributed by atoms with E-state index in [1.807, 2.05) is 46.8 Å². The first-order valence-electron chi connectivity index (χ1n) is 10.3. The Hall–Kier alpha value is -3.58. The quantitative estimate of drug-likeness (QED) is 0.447. The van der Waals surface area contributed by atoms with E-state index in [4.69, 9.17) is 0 Å². The van der Waals surface area contributed by atoms with Gasteiger partial charge in [-0.25, -0.2) is 9.29 Å². The van der Waals surface area contributed by atoms with Crippen LogP contribution in [0, 0.1) is 17.7 Å². The highest BCUT2D eigenvalue weighted by molar-refractivity contribution is 7.12. The van der Waals surface area contributed by atoms with Crippen LogP contribution >= 0.6 is 11.3 Å². The van der Waals surface area contributed by atoms with Crippen molar-refractivity contribution in [1.29, 1.82) is 0 Å². The minimum absolute atomic E-state index is 0.163. The number of anilines is 1. The number of ketones is 1. The molecule has 3 aromatic rings. The molecule has 158 valence electrons. The van der Waals surface area contributed by atoms with Crippen LogP contribution in [-0.4, -0.2) is 28.5 Å². The van der Waals surface area contributed by atoms with Gasteiger partial charge in [0.15, 0.2) is 5.78 Å². The highest BCUT2D eigenvalue weighted by atomic mass is 32.1. The summed E-state index contributed by atoms with van der Waals surface area (Å²) in [4.78, 5) is 44.4. The molecule has 0 radical (unpaired) electrons. The van der Waals surface area contributed by atoms with E-state index in [1.165, 1.54) is 35.6 Å². The zero-order valence-corrected chi connectivity index (χ0v) is 17.5. The monoisotopic (exact) mass is 444 g/mol. The third kappa shape index (κ3) is 2.58. The fraction of sp³-hybridized carbons (Fsp3) is 0.160. The predicted octanol–water partition coefficient (Wildman–Crippen LogP) is 4.29. The smallest absolute Gasteiger partial charge is 0.240 e. The SMILES string of the molecule is O=C(c1cccs1)[C@@H]1[C@@H]2C(=O)N(c3ccc(F)cc3)C(=O)[C@@H]2[C@H]2c3ccccc3C=CN12. The van der Waals surface area contributed by atoms with E-state index < -0.39 is 35.6 Å². The fourth-order valence-corrected chi connectivity index (χ4v) is 5.96. The van der Waals surface area contributed by atoms with Crippen molar-refractivity contribution in [3.05, 3.63) is 94.1 Å². The maximum Gasteiger partial charge on any atom is 0.240 e. The molecule has 0 bridgehead atoms. The number of hydrogen-bond donors (Lipinski definition) is 0. The van der Waals surface area contributed by atoms with Crippen LogP contribution < -0.4 is 4.90 Å². The van der Waals surface area contributed by atoms with Crippen molar-refractivity contribution in [1.82, 2.24) is 4.90 Å². The summed E-state index contributed by atoms with van der Waals surface area (Å²) in [7, 11) is 0. The Balaban J connectivity index is 1.50. The molecule has 3 aliphatic rings. The molecule has 2 saturated heterocycles. The van der Waals surface area contributed by atoms with E-state index >= 15 is 0 Å². The summed E-state index contributed by atoms with van der Waals surface area (Å²) in [6, 6.07) is 15.4. The van der Waals surface area contributed by atoms with Gasteiger partial charge in [0.1, 0.15) is 11.9 Å². The van der Waals surface area contributed by atoms with Crippen molar-refractivity contribution >= 4 is 40.7 Å². The molecule has 0 aliphatic carbocycles. The summed E-state index contributed by atoms with van der Waals surface area (Å²) in [5.41, 5.74) is 2.22. The summed E-state index contributed by atoms with van der Waals surface area (Å²) in [5, 5.41) is 1.82. The van der Waals surface area contributed by atoms with Crippen molar-refractivity contribution in [3.8, 4) is 0 Å². The highest BCUT2D eigenvalue weighted by Crippen LogP contribution is 2.53. The summed E-state index contributed by atoms with van der Waals surface area (Å²) in [5.74, 6) is -2.90. The topological polar surface area (TPSA) is 57.7 Å². The number of benzene rings is 2. The Labute approximate surface area is 187 Å². The molecular formula is C25H17FN2O3S. The van der Waals surface area contributed by atoms with Crippen molar-refractivity contribution in [2.45, 2.75) is 12.1 Å². The van der Waals surface area contributed by atoms with E-state index in [1.54, 1.807) is 12.1 Å². The normalized spacial score (nSPS) is 25.7. The Kier molecular flexibility index (Phi) is 4.16. The molecule has 0 N–H and O–H groups in total. The van der Waals surface area contributed by atoms with Gasteiger partial charge < -0.3 is 4.90 Å². The molecule has 6 rings (SSSR count). The Morgan fingerprint density at radius 1 is 0.906 bits per heavy atom. The molecule has 0 saturated carbocycles. The molecule has 0 spiro atoms. The second-order valence-electron chi connectivity index (χ2n) is 8.16. The van der Waals surface area contributed by atoms with Gasteiger partial charge in [0.25, 0.3) is 0 Å². The lowest BCUT2D eigenvalue weighted by atomic mass is 9.84. The largest absolute Gasteiger partial charge is 0.358 e. The molecule has 2 amide bonds. The van der Waals surface area contributed by atoms with Crippen LogP contribution in [0.15, 0.2) is 72.2 Å². The molecule has 32 heavy (non-hydrogen) atoms. The standard InChI is InChI=1S/C25H17FN2O3S/c26-15-7-9-16(10-8-15)28-24(30)19-20(25(28)31)22(23(29)18-6-3-13-32-18)27-12-11-14-4-1-2-5-17(14)21(19)27/h1-13,19-22H/t19-,20+,21+,22-/m0/s1. The Bertz CT molecular complexity index is 1280. The number of imide groups is 1. The Morgan fingerprint density at radius 3 is 2.41 bits per heavy atom. The molecule has 4 heterocycles. The number of hydrogen-bond acceptors (Lipinski definition) is 5. The predicted molar refractivity (Wildman–Crippen MR) is 118 cm³/mol. The number of halogens is 1. The van der Waals surface area contributed by atoms with Crippen molar-refractivity contribution in [2.24, 2.45) is 11.8 Å². The zero-order valence-electron chi connectivity index (χ0n) is 16.7. The fourth-order valence-electron chi connectivity index (χ4n) is 5.27. The second-order valence-corrected chi connectivity index (χ2v) is 9.11. The lowest BCUT2D eigenvalue weighted by molar-refractivity contribution is -0.123. The minimum atomic E-state index is -0.817. The van der Waals surface area contributed by atoms with Gasteiger partial charge in [0, 0.05) is 6.20 Å². The first-order chi connectivity index (χ1) is 15.6. The Morgan fingerprint density at radius 2 is 1.66 bits per heavy atom. The van der Waals surface area contributed by atoms with Gasteiger partial charge in [-0.05, 0) is 52.9 Å². The number of thiophene rings is 1. The van der Waals surface area contributed by atoms with E-state index in [0.717, 1.165) is 16.0 Å². The maximum absolute atomic E-state index is 13.7. The van der Waals surface area contributed by atoms with Crippen LogP contribution in [0.5, 0.6) is 0 Å². The van der Waals surface area contributed by atoms with Crippen LogP contribution in [0.4, 0.5) is 10.1 Å². The average molecular weight is 444 g/mol. The molecule has 3 aliphatic heterocycles. The van der Waals surface area contributed by atoms with Crippen molar-refractivity contribution < 1.29 is 18.8 Å².